The maximum absolute atomic E-state index is 5.41. The van der Waals surface area contributed by atoms with Crippen LogP contribution < -0.4 is 24.4 Å². The van der Waals surface area contributed by atoms with Gasteiger partial charge in [-0.05, 0) is 24.5 Å². The Morgan fingerprint density at radius 2 is 1.76 bits per heavy atom. The highest BCUT2D eigenvalue weighted by Gasteiger charge is 2.20. The fourth-order valence-electron chi connectivity index (χ4n) is 3.53. The molecule has 8 heteroatoms. The van der Waals surface area contributed by atoms with Crippen LogP contribution in [0.5, 0.6) is 17.2 Å². The molecular weight excluding hydrogens is 370 g/mol. The molecule has 0 aliphatic carbocycles. The van der Waals surface area contributed by atoms with Crippen molar-refractivity contribution in [1.29, 1.82) is 0 Å². The standard InChI is InChI=1S/C21H23N5O3/c1-27-17-11-15(12-18(28-2)20(17)29-3)23-21-24-19(13-22-25-21)26-10-6-8-14-7-4-5-9-16(14)26/h4-5,7,9,11-13H,6,8,10H2,1-3H3,(H,23,24,25). The summed E-state index contributed by atoms with van der Waals surface area (Å²) in [6.45, 7) is 0.888. The van der Waals surface area contributed by atoms with Gasteiger partial charge >= 0.3 is 0 Å². The summed E-state index contributed by atoms with van der Waals surface area (Å²) in [4.78, 5) is 6.85. The van der Waals surface area contributed by atoms with Crippen LogP contribution in [0.15, 0.2) is 42.6 Å². The first-order valence-corrected chi connectivity index (χ1v) is 9.35. The van der Waals surface area contributed by atoms with E-state index in [4.69, 9.17) is 14.2 Å². The zero-order valence-electron chi connectivity index (χ0n) is 16.7. The molecule has 0 radical (unpaired) electrons. The Kier molecular flexibility index (Phi) is 5.33. The van der Waals surface area contributed by atoms with Gasteiger partial charge in [-0.1, -0.05) is 18.2 Å². The van der Waals surface area contributed by atoms with Crippen molar-refractivity contribution >= 4 is 23.1 Å². The number of para-hydroxylation sites is 1. The molecule has 0 atom stereocenters. The second-order valence-corrected chi connectivity index (χ2v) is 6.56. The lowest BCUT2D eigenvalue weighted by molar-refractivity contribution is 0.324. The van der Waals surface area contributed by atoms with Crippen molar-refractivity contribution < 1.29 is 14.2 Å². The average Bonchev–Trinajstić information content (AvgIpc) is 2.78. The molecule has 0 fully saturated rings. The Morgan fingerprint density at radius 1 is 1.00 bits per heavy atom. The number of benzene rings is 2. The lowest BCUT2D eigenvalue weighted by atomic mass is 10.0. The van der Waals surface area contributed by atoms with Gasteiger partial charge in [-0.25, -0.2) is 0 Å². The molecule has 3 aromatic rings. The zero-order valence-corrected chi connectivity index (χ0v) is 16.7. The number of hydrogen-bond acceptors (Lipinski definition) is 8. The molecule has 1 aromatic heterocycles. The number of hydrogen-bond donors (Lipinski definition) is 1. The third kappa shape index (κ3) is 3.73. The molecule has 0 unspecified atom stereocenters. The number of methoxy groups -OCH3 is 3. The fourth-order valence-corrected chi connectivity index (χ4v) is 3.53. The molecule has 0 saturated carbocycles. The molecule has 1 aliphatic rings. The number of ether oxygens (including phenoxy) is 3. The fraction of sp³-hybridized carbons (Fsp3) is 0.286. The van der Waals surface area contributed by atoms with Crippen LogP contribution in [0.1, 0.15) is 12.0 Å². The molecule has 150 valence electrons. The third-order valence-electron chi connectivity index (χ3n) is 4.85. The highest BCUT2D eigenvalue weighted by molar-refractivity contribution is 5.68. The summed E-state index contributed by atoms with van der Waals surface area (Å²) >= 11 is 0. The van der Waals surface area contributed by atoms with Crippen LogP contribution >= 0.6 is 0 Å². The normalized spacial score (nSPS) is 12.9. The minimum absolute atomic E-state index is 0.389. The van der Waals surface area contributed by atoms with E-state index in [2.05, 4.69) is 43.6 Å². The van der Waals surface area contributed by atoms with Crippen molar-refractivity contribution in [2.75, 3.05) is 38.1 Å². The van der Waals surface area contributed by atoms with Gasteiger partial charge in [-0.2, -0.15) is 10.1 Å². The van der Waals surface area contributed by atoms with Crippen LogP contribution in [0.25, 0.3) is 0 Å². The summed E-state index contributed by atoms with van der Waals surface area (Å²) in [5.41, 5.74) is 3.19. The minimum atomic E-state index is 0.389. The van der Waals surface area contributed by atoms with Gasteiger partial charge in [0, 0.05) is 30.1 Å². The summed E-state index contributed by atoms with van der Waals surface area (Å²) in [7, 11) is 4.72. The summed E-state index contributed by atoms with van der Waals surface area (Å²) in [5.74, 6) is 2.76. The van der Waals surface area contributed by atoms with E-state index in [-0.39, 0.29) is 0 Å². The number of nitrogens with zero attached hydrogens (tertiary/aromatic N) is 4. The molecule has 2 aromatic carbocycles. The van der Waals surface area contributed by atoms with Gasteiger partial charge in [0.05, 0.1) is 27.5 Å². The molecule has 2 heterocycles. The smallest absolute Gasteiger partial charge is 0.249 e. The van der Waals surface area contributed by atoms with Crippen molar-refractivity contribution in [2.24, 2.45) is 0 Å². The third-order valence-corrected chi connectivity index (χ3v) is 4.85. The van der Waals surface area contributed by atoms with Crippen molar-refractivity contribution in [2.45, 2.75) is 12.8 Å². The lowest BCUT2D eigenvalue weighted by Gasteiger charge is -2.30. The summed E-state index contributed by atoms with van der Waals surface area (Å²) in [6.07, 6.45) is 3.82. The maximum Gasteiger partial charge on any atom is 0.249 e. The first-order chi connectivity index (χ1) is 14.2. The number of rotatable bonds is 6. The van der Waals surface area contributed by atoms with Crippen LogP contribution in [0.4, 0.5) is 23.1 Å². The van der Waals surface area contributed by atoms with E-state index in [0.717, 1.165) is 30.9 Å². The van der Waals surface area contributed by atoms with Crippen LogP contribution in [-0.4, -0.2) is 43.1 Å². The molecule has 0 spiro atoms. The van der Waals surface area contributed by atoms with E-state index in [1.165, 1.54) is 5.56 Å². The predicted octanol–water partition coefficient (Wildman–Crippen LogP) is 3.73. The van der Waals surface area contributed by atoms with Gasteiger partial charge in [0.25, 0.3) is 0 Å². The molecule has 0 saturated heterocycles. The summed E-state index contributed by atoms with van der Waals surface area (Å²) in [6, 6.07) is 12.0. The van der Waals surface area contributed by atoms with E-state index in [1.807, 2.05) is 6.07 Å². The van der Waals surface area contributed by atoms with Crippen LogP contribution in [0, 0.1) is 0 Å². The largest absolute Gasteiger partial charge is 0.493 e. The van der Waals surface area contributed by atoms with Gasteiger partial charge in [-0.3, -0.25) is 0 Å². The second kappa shape index (κ2) is 8.22. The van der Waals surface area contributed by atoms with E-state index in [9.17, 15) is 0 Å². The number of aromatic nitrogens is 3. The van der Waals surface area contributed by atoms with Gasteiger partial charge in [0.15, 0.2) is 17.3 Å². The Hall–Kier alpha value is -3.55. The van der Waals surface area contributed by atoms with Crippen molar-refractivity contribution in [3.05, 3.63) is 48.2 Å². The maximum atomic E-state index is 5.41. The molecule has 0 amide bonds. The number of anilines is 4. The molecule has 29 heavy (non-hydrogen) atoms. The van der Waals surface area contributed by atoms with Gasteiger partial charge in [-0.15, -0.1) is 5.10 Å². The van der Waals surface area contributed by atoms with E-state index < -0.39 is 0 Å². The Labute approximate surface area is 169 Å². The van der Waals surface area contributed by atoms with Gasteiger partial charge in [0.1, 0.15) is 0 Å². The molecular formula is C21H23N5O3. The topological polar surface area (TPSA) is 81.6 Å². The number of fused-ring (bicyclic) bond motifs is 1. The van der Waals surface area contributed by atoms with Gasteiger partial charge in [0.2, 0.25) is 11.7 Å². The molecule has 0 bridgehead atoms. The van der Waals surface area contributed by atoms with E-state index in [1.54, 1.807) is 39.7 Å². The quantitative estimate of drug-likeness (QED) is 0.679. The highest BCUT2D eigenvalue weighted by Crippen LogP contribution is 2.40. The van der Waals surface area contributed by atoms with Crippen LogP contribution in [0.2, 0.25) is 0 Å². The lowest BCUT2D eigenvalue weighted by Crippen LogP contribution is -2.25. The van der Waals surface area contributed by atoms with E-state index in [0.29, 0.717) is 28.9 Å². The molecule has 1 aliphatic heterocycles. The van der Waals surface area contributed by atoms with Gasteiger partial charge < -0.3 is 24.4 Å². The zero-order chi connectivity index (χ0) is 20.2. The Bertz CT molecular complexity index is 986. The second-order valence-electron chi connectivity index (χ2n) is 6.56. The molecule has 4 rings (SSSR count). The number of nitrogens with one attached hydrogen (secondary N) is 1. The first kappa shape index (κ1) is 18.8. The SMILES string of the molecule is COc1cc(Nc2nncc(N3CCCc4ccccc43)n2)cc(OC)c1OC. The van der Waals surface area contributed by atoms with Crippen molar-refractivity contribution in [3.8, 4) is 17.2 Å². The Balaban J connectivity index is 1.64. The Morgan fingerprint density at radius 3 is 2.48 bits per heavy atom. The molecule has 1 N–H and O–H groups in total. The average molecular weight is 393 g/mol. The number of aryl methyl sites for hydroxylation is 1. The summed E-state index contributed by atoms with van der Waals surface area (Å²) in [5, 5.41) is 11.5. The predicted molar refractivity (Wildman–Crippen MR) is 111 cm³/mol. The summed E-state index contributed by atoms with van der Waals surface area (Å²) < 4.78 is 16.2. The molecule has 8 nitrogen and oxygen atoms in total. The monoisotopic (exact) mass is 393 g/mol. The highest BCUT2D eigenvalue weighted by atomic mass is 16.5. The van der Waals surface area contributed by atoms with Crippen molar-refractivity contribution in [1.82, 2.24) is 15.2 Å². The van der Waals surface area contributed by atoms with Crippen molar-refractivity contribution in [3.63, 3.8) is 0 Å². The minimum Gasteiger partial charge on any atom is -0.493 e. The van der Waals surface area contributed by atoms with Crippen LogP contribution in [-0.2, 0) is 6.42 Å². The first-order valence-electron chi connectivity index (χ1n) is 9.35. The van der Waals surface area contributed by atoms with E-state index >= 15 is 0 Å². The van der Waals surface area contributed by atoms with Crippen LogP contribution in [0.3, 0.4) is 0 Å².